The molecule has 0 radical (unpaired) electrons. The van der Waals surface area contributed by atoms with E-state index >= 15 is 0 Å². The van der Waals surface area contributed by atoms with Gasteiger partial charge in [-0.3, -0.25) is 52.9 Å². The van der Waals surface area contributed by atoms with Gasteiger partial charge in [-0.1, -0.05) is 73.9 Å². The molecule has 438 valence electrons. The molecule has 0 fully saturated rings. The van der Waals surface area contributed by atoms with Gasteiger partial charge >= 0.3 is 11.9 Å². The van der Waals surface area contributed by atoms with Gasteiger partial charge in [0.25, 0.3) is 0 Å². The zero-order valence-corrected chi connectivity index (χ0v) is 45.7. The number of aromatic amines is 1. The number of imidazole rings is 1. The molecule has 0 aliphatic rings. The highest BCUT2D eigenvalue weighted by atomic mass is 16.4. The predicted molar refractivity (Wildman–Crippen MR) is 285 cm³/mol. The summed E-state index contributed by atoms with van der Waals surface area (Å²) in [7, 11) is 0. The number of aliphatic carboxylic acids is 2. The lowest BCUT2D eigenvalue weighted by Gasteiger charge is -2.30. The van der Waals surface area contributed by atoms with E-state index < -0.39 is 156 Å². The van der Waals surface area contributed by atoms with Crippen LogP contribution >= 0.6 is 0 Å². The van der Waals surface area contributed by atoms with Crippen LogP contribution in [0.3, 0.4) is 0 Å². The number of rotatable bonds is 34. The van der Waals surface area contributed by atoms with E-state index in [1.165, 1.54) is 50.6 Å². The lowest BCUT2D eigenvalue weighted by molar-refractivity contribution is -0.143. The Balaban J connectivity index is 2.51. The molecule has 10 atom stereocenters. The van der Waals surface area contributed by atoms with Gasteiger partial charge in [0.15, 0.2) is 5.96 Å². The van der Waals surface area contributed by atoms with Crippen molar-refractivity contribution in [2.45, 2.75) is 155 Å². The minimum absolute atomic E-state index is 0.0500. The number of hydrogen-bond donors (Lipinski definition) is 16. The third kappa shape index (κ3) is 23.0. The maximum absolute atomic E-state index is 14.5. The van der Waals surface area contributed by atoms with Crippen LogP contribution in [0.5, 0.6) is 5.75 Å². The molecule has 29 nitrogen and oxygen atoms in total. The molecule has 1 heterocycles. The Morgan fingerprint density at radius 2 is 1.04 bits per heavy atom. The van der Waals surface area contributed by atoms with Crippen molar-refractivity contribution in [3.05, 3.63) is 48.0 Å². The van der Waals surface area contributed by atoms with Crippen molar-refractivity contribution in [3.63, 3.8) is 0 Å². The Hall–Kier alpha value is -8.37. The lowest BCUT2D eigenvalue weighted by Crippen LogP contribution is -2.62. The van der Waals surface area contributed by atoms with Crippen LogP contribution in [0, 0.1) is 23.7 Å². The number of aromatic hydroxyl groups is 1. The van der Waals surface area contributed by atoms with Crippen molar-refractivity contribution >= 4 is 71.1 Å². The molecule has 0 bridgehead atoms. The number of aliphatic imine (C=N–C) groups is 1. The quantitative estimate of drug-likeness (QED) is 0.0185. The summed E-state index contributed by atoms with van der Waals surface area (Å²) in [6, 6.07) is -7.61. The van der Waals surface area contributed by atoms with Crippen molar-refractivity contribution in [3.8, 4) is 5.75 Å². The number of carbonyl (C=O) groups excluding carboxylic acids is 9. The Labute approximate surface area is 457 Å². The molecule has 0 saturated carbocycles. The van der Waals surface area contributed by atoms with E-state index in [0.717, 1.165) is 0 Å². The van der Waals surface area contributed by atoms with Crippen LogP contribution in [0.4, 0.5) is 0 Å². The number of nitrogens with zero attached hydrogens (tertiary/aromatic N) is 2. The van der Waals surface area contributed by atoms with Crippen molar-refractivity contribution in [2.24, 2.45) is 51.6 Å². The molecule has 9 amide bonds. The summed E-state index contributed by atoms with van der Waals surface area (Å²) in [4.78, 5) is 157. The maximum atomic E-state index is 14.5. The topological polar surface area (TPSA) is 490 Å². The first kappa shape index (κ1) is 66.7. The van der Waals surface area contributed by atoms with E-state index in [1.807, 2.05) is 0 Å². The summed E-state index contributed by atoms with van der Waals surface area (Å²) >= 11 is 0. The highest BCUT2D eigenvalue weighted by Crippen LogP contribution is 2.15. The molecular weight excluding hydrogens is 1030 g/mol. The first-order valence-corrected chi connectivity index (χ1v) is 25.7. The number of hydrogen-bond acceptors (Lipinski definition) is 15. The number of aromatic nitrogens is 2. The van der Waals surface area contributed by atoms with Crippen molar-refractivity contribution < 1.29 is 68.1 Å². The molecule has 0 aliphatic heterocycles. The van der Waals surface area contributed by atoms with Crippen LogP contribution in [-0.4, -0.2) is 157 Å². The van der Waals surface area contributed by atoms with E-state index in [1.54, 1.807) is 41.5 Å². The zero-order valence-electron chi connectivity index (χ0n) is 45.7. The lowest BCUT2D eigenvalue weighted by atomic mass is 9.96. The van der Waals surface area contributed by atoms with E-state index in [-0.39, 0.29) is 43.9 Å². The molecular formula is C50H79N15O14. The molecule has 0 spiro atoms. The number of nitrogens with one attached hydrogen (secondary N) is 9. The number of H-pyrrole nitrogens is 1. The first-order valence-electron chi connectivity index (χ1n) is 25.7. The monoisotopic (exact) mass is 1110 g/mol. The SMILES string of the molecule is CC[C@H](C)[C@H](NC(=O)[C@@H](N)CC(N)=O)C(=O)N[C@@H](CC(=O)O)C(=O)N[C@H](C(=O)N[C@@H](Cc1ccc(O)cc1)C(=O)N[C@H](C(=O)N[C@@H](Cc1cnc[nH]1)C(=O)N[C@@H](CCCN=C(N)N)C(=O)N[C@H](C(=O)O)C(C)C)C(C)C)C(C)C. The molecule has 29 heteroatoms. The molecule has 2 rings (SSSR count). The Morgan fingerprint density at radius 3 is 1.51 bits per heavy atom. The number of phenols is 1. The third-order valence-corrected chi connectivity index (χ3v) is 12.5. The average Bonchev–Trinajstić information content (AvgIpc) is 3.88. The van der Waals surface area contributed by atoms with Gasteiger partial charge < -0.3 is 85.8 Å². The molecule has 20 N–H and O–H groups in total. The summed E-state index contributed by atoms with van der Waals surface area (Å²) in [5, 5.41) is 49.7. The van der Waals surface area contributed by atoms with E-state index in [4.69, 9.17) is 22.9 Å². The summed E-state index contributed by atoms with van der Waals surface area (Å²) in [5.74, 6) is -14.2. The van der Waals surface area contributed by atoms with Gasteiger partial charge in [-0.25, -0.2) is 9.78 Å². The minimum Gasteiger partial charge on any atom is -0.508 e. The standard InChI is InChI=1S/C50H79N15O14/c1-9-26(8)40(65-41(70)30(51)19-35(52)67)48(77)61-34(20-36(68)69)45(74)63-37(23(2)3)46(75)59-32(17-27-12-14-29(66)15-13-27)44(73)62-38(24(4)5)47(76)60-33(18-28-21-55-22-57-28)43(72)58-31(11-10-16-56-50(53)54)42(71)64-39(25(6)7)49(78)79/h12-15,21-26,30-34,37-40,66H,9-11,16-20,51H2,1-8H3,(H2,52,67)(H,55,57)(H,58,72)(H,59,75)(H,60,76)(H,61,77)(H,62,73)(H,63,74)(H,64,71)(H,65,70)(H,68,69)(H,78,79)(H4,53,54,56)/t26-,30-,31-,32-,33-,34-,37-,38-,39-,40-/m0/s1. The van der Waals surface area contributed by atoms with Crippen LogP contribution in [0.1, 0.15) is 98.8 Å². The van der Waals surface area contributed by atoms with E-state index in [9.17, 15) is 68.1 Å². The summed E-state index contributed by atoms with van der Waals surface area (Å²) in [5.41, 5.74) is 22.6. The smallest absolute Gasteiger partial charge is 0.326 e. The fourth-order valence-electron chi connectivity index (χ4n) is 7.73. The van der Waals surface area contributed by atoms with Crippen LogP contribution in [0.2, 0.25) is 0 Å². The predicted octanol–water partition coefficient (Wildman–Crippen LogP) is -3.39. The largest absolute Gasteiger partial charge is 0.508 e. The van der Waals surface area contributed by atoms with Gasteiger partial charge in [0, 0.05) is 31.3 Å². The number of guanidine groups is 1. The Kier molecular flexibility index (Phi) is 27.4. The van der Waals surface area contributed by atoms with Gasteiger partial charge in [-0.05, 0) is 54.2 Å². The highest BCUT2D eigenvalue weighted by Gasteiger charge is 2.38. The number of nitrogens with two attached hydrogens (primary N) is 4. The molecule has 1 aromatic heterocycles. The maximum Gasteiger partial charge on any atom is 0.326 e. The molecule has 0 saturated heterocycles. The zero-order chi connectivity index (χ0) is 59.8. The number of phenolic OH excluding ortho intramolecular Hbond substituents is 1. The van der Waals surface area contributed by atoms with Crippen molar-refractivity contribution in [1.82, 2.24) is 52.5 Å². The second kappa shape index (κ2) is 32.4. The fourth-order valence-corrected chi connectivity index (χ4v) is 7.73. The second-order valence-electron chi connectivity index (χ2n) is 20.1. The first-order chi connectivity index (χ1) is 36.9. The van der Waals surface area contributed by atoms with Gasteiger partial charge in [0.1, 0.15) is 54.1 Å². The minimum atomic E-state index is -1.82. The molecule has 0 unspecified atom stereocenters. The normalized spacial score (nSPS) is 15.0. The second-order valence-corrected chi connectivity index (χ2v) is 20.1. The number of primary amides is 1. The third-order valence-electron chi connectivity index (χ3n) is 12.5. The van der Waals surface area contributed by atoms with Gasteiger partial charge in [-0.15, -0.1) is 0 Å². The summed E-state index contributed by atoms with van der Waals surface area (Å²) in [6.07, 6.45) is 1.11. The van der Waals surface area contributed by atoms with Crippen LogP contribution in [-0.2, 0) is 65.6 Å². The van der Waals surface area contributed by atoms with Crippen molar-refractivity contribution in [2.75, 3.05) is 6.54 Å². The number of carbonyl (C=O) groups is 11. The highest BCUT2D eigenvalue weighted by molar-refractivity contribution is 5.99. The van der Waals surface area contributed by atoms with Crippen LogP contribution < -0.4 is 65.5 Å². The summed E-state index contributed by atoms with van der Waals surface area (Å²) < 4.78 is 0. The number of carboxylic acid groups (broad SMARTS) is 2. The fraction of sp³-hybridized carbons (Fsp3) is 0.580. The van der Waals surface area contributed by atoms with E-state index in [0.29, 0.717) is 17.7 Å². The van der Waals surface area contributed by atoms with E-state index in [2.05, 4.69) is 57.5 Å². The van der Waals surface area contributed by atoms with Gasteiger partial charge in [0.2, 0.25) is 53.2 Å². The summed E-state index contributed by atoms with van der Waals surface area (Å²) in [6.45, 7) is 12.7. The molecule has 79 heavy (non-hydrogen) atoms. The van der Waals surface area contributed by atoms with Crippen LogP contribution in [0.15, 0.2) is 41.8 Å². The Bertz CT molecular complexity index is 2450. The number of carboxylic acids is 2. The van der Waals surface area contributed by atoms with Gasteiger partial charge in [0.05, 0.1) is 25.2 Å². The molecule has 2 aromatic rings. The molecule has 0 aliphatic carbocycles. The molecule has 1 aromatic carbocycles. The number of amides is 9. The number of benzene rings is 1. The van der Waals surface area contributed by atoms with Crippen LogP contribution in [0.25, 0.3) is 0 Å². The van der Waals surface area contributed by atoms with Crippen molar-refractivity contribution in [1.29, 1.82) is 0 Å². The van der Waals surface area contributed by atoms with Gasteiger partial charge in [-0.2, -0.15) is 0 Å². The average molecular weight is 1110 g/mol. The Morgan fingerprint density at radius 1 is 0.582 bits per heavy atom.